The van der Waals surface area contributed by atoms with E-state index in [0.29, 0.717) is 30.6 Å². The molecule has 0 atom stereocenters. The van der Waals surface area contributed by atoms with Crippen LogP contribution in [0.3, 0.4) is 0 Å². The zero-order valence-electron chi connectivity index (χ0n) is 22.2. The summed E-state index contributed by atoms with van der Waals surface area (Å²) < 4.78 is 26.9. The number of aryl methyl sites for hydroxylation is 2. The normalized spacial score (nSPS) is 16.2. The summed E-state index contributed by atoms with van der Waals surface area (Å²) in [6.45, 7) is 1.06. The molecular formula is C29H31N6O4S+. The van der Waals surface area contributed by atoms with E-state index in [-0.39, 0.29) is 10.9 Å². The lowest BCUT2D eigenvalue weighted by molar-refractivity contribution is -0.362. The minimum atomic E-state index is -3.15. The fourth-order valence-electron chi connectivity index (χ4n) is 5.79. The molecule has 206 valence electrons. The number of pyridine rings is 1. The van der Waals surface area contributed by atoms with Crippen LogP contribution in [0, 0.1) is 0 Å². The van der Waals surface area contributed by atoms with Crippen LogP contribution in [-0.4, -0.2) is 47.5 Å². The van der Waals surface area contributed by atoms with Gasteiger partial charge in [-0.05, 0) is 79.0 Å². The number of nitrogens with zero attached hydrogens (tertiary/aromatic N) is 3. The molecule has 0 unspecified atom stereocenters. The van der Waals surface area contributed by atoms with Crippen LogP contribution >= 0.6 is 0 Å². The summed E-state index contributed by atoms with van der Waals surface area (Å²) in [5.74, 6) is -0.0486. The Balaban J connectivity index is 1.30. The van der Waals surface area contributed by atoms with Crippen molar-refractivity contribution < 1.29 is 18.2 Å². The Morgan fingerprint density at radius 3 is 2.50 bits per heavy atom. The van der Waals surface area contributed by atoms with Gasteiger partial charge in [-0.3, -0.25) is 14.2 Å². The molecule has 1 amide bonds. The quantitative estimate of drug-likeness (QED) is 0.372. The van der Waals surface area contributed by atoms with Crippen LogP contribution in [0.15, 0.2) is 59.7 Å². The molecule has 2 aromatic heterocycles. The summed E-state index contributed by atoms with van der Waals surface area (Å²) >= 11 is 0. The SMILES string of the molecule is CS(=O)(=O)N1CCC(c2ccc(Nc3nc4c(c[nH+]3)c(=O)c(C(N)=O)cn4-c3ccc4c(c3)CCC4)cc2)CC1. The first kappa shape index (κ1) is 26.1. The largest absolute Gasteiger partial charge is 0.396 e. The molecule has 0 radical (unpaired) electrons. The maximum absolute atomic E-state index is 13.0. The van der Waals surface area contributed by atoms with Crippen molar-refractivity contribution in [1.29, 1.82) is 0 Å². The van der Waals surface area contributed by atoms with Crippen LogP contribution in [0.2, 0.25) is 0 Å². The fourth-order valence-corrected chi connectivity index (χ4v) is 6.66. The van der Waals surface area contributed by atoms with Gasteiger partial charge in [0.1, 0.15) is 10.9 Å². The number of hydrogen-bond donors (Lipinski definition) is 2. The molecule has 0 saturated carbocycles. The summed E-state index contributed by atoms with van der Waals surface area (Å²) in [6.07, 6.45) is 9.00. The Hall–Kier alpha value is -4.09. The number of nitrogens with one attached hydrogen (secondary N) is 2. The summed E-state index contributed by atoms with van der Waals surface area (Å²) in [5.41, 5.74) is 10.7. The third-order valence-electron chi connectivity index (χ3n) is 7.98. The highest BCUT2D eigenvalue weighted by atomic mass is 32.2. The molecule has 6 rings (SSSR count). The second-order valence-electron chi connectivity index (χ2n) is 10.6. The lowest BCUT2D eigenvalue weighted by Crippen LogP contribution is -2.37. The number of anilines is 2. The molecule has 4 N–H and O–H groups in total. The van der Waals surface area contributed by atoms with Gasteiger partial charge in [-0.1, -0.05) is 23.2 Å². The first-order chi connectivity index (χ1) is 19.2. The third kappa shape index (κ3) is 4.98. The number of primary amides is 1. The number of benzene rings is 2. The number of piperidine rings is 1. The van der Waals surface area contributed by atoms with Crippen molar-refractivity contribution in [2.24, 2.45) is 5.73 Å². The van der Waals surface area contributed by atoms with E-state index in [1.54, 1.807) is 10.8 Å². The van der Waals surface area contributed by atoms with E-state index < -0.39 is 21.4 Å². The topological polar surface area (TPSA) is 142 Å². The summed E-state index contributed by atoms with van der Waals surface area (Å²) in [6, 6.07) is 14.2. The van der Waals surface area contributed by atoms with Crippen molar-refractivity contribution in [2.45, 2.75) is 38.0 Å². The van der Waals surface area contributed by atoms with Gasteiger partial charge < -0.3 is 5.73 Å². The fraction of sp³-hybridized carbons (Fsp3) is 0.310. The number of carbonyl (C=O) groups is 1. The molecule has 1 aliphatic heterocycles. The van der Waals surface area contributed by atoms with E-state index in [1.807, 2.05) is 30.3 Å². The molecule has 4 aromatic rings. The van der Waals surface area contributed by atoms with Crippen LogP contribution in [0.4, 0.5) is 11.6 Å². The Bertz CT molecular complexity index is 1790. The molecule has 1 saturated heterocycles. The van der Waals surface area contributed by atoms with Crippen LogP contribution in [0.25, 0.3) is 16.7 Å². The molecule has 10 nitrogen and oxygen atoms in total. The number of carbonyl (C=O) groups excluding carboxylic acids is 1. The minimum Gasteiger partial charge on any atom is -0.365 e. The second kappa shape index (κ2) is 10.1. The summed E-state index contributed by atoms with van der Waals surface area (Å²) in [5, 5.41) is 3.53. The lowest BCUT2D eigenvalue weighted by atomic mass is 9.90. The van der Waals surface area contributed by atoms with Crippen molar-refractivity contribution in [3.05, 3.63) is 87.3 Å². The number of H-pyrrole nitrogens is 1. The van der Waals surface area contributed by atoms with Gasteiger partial charge in [0.2, 0.25) is 21.1 Å². The Labute approximate surface area is 231 Å². The number of amides is 1. The van der Waals surface area contributed by atoms with Crippen molar-refractivity contribution in [3.8, 4) is 5.69 Å². The lowest BCUT2D eigenvalue weighted by Gasteiger charge is -2.30. The van der Waals surface area contributed by atoms with Crippen LogP contribution in [0.5, 0.6) is 0 Å². The predicted molar refractivity (Wildman–Crippen MR) is 153 cm³/mol. The maximum Gasteiger partial charge on any atom is 0.396 e. The van der Waals surface area contributed by atoms with Crippen molar-refractivity contribution >= 4 is 38.6 Å². The number of aromatic nitrogens is 3. The monoisotopic (exact) mass is 559 g/mol. The standard InChI is InChI=1S/C29H30N6O4S/c1-40(38,39)34-13-11-20(12-14-34)19-5-8-22(9-6-19)32-29-31-16-24-26(36)25(27(30)37)17-35(28(24)33-29)23-10-7-18-3-2-4-21(18)15-23/h5-10,15-17,20H,2-4,11-14H2,1H3,(H2,30,37)(H,31,32,33)/p+1. The molecule has 3 heterocycles. The number of aromatic amines is 1. The number of nitrogens with two attached hydrogens (primary N) is 1. The van der Waals surface area contributed by atoms with E-state index >= 15 is 0 Å². The number of rotatable bonds is 6. The van der Waals surface area contributed by atoms with Crippen LogP contribution in [-0.2, 0) is 22.9 Å². The van der Waals surface area contributed by atoms with Gasteiger partial charge in [-0.25, -0.2) is 23.0 Å². The molecule has 40 heavy (non-hydrogen) atoms. The van der Waals surface area contributed by atoms with Gasteiger partial charge in [0.25, 0.3) is 5.91 Å². The molecule has 1 fully saturated rings. The third-order valence-corrected chi connectivity index (χ3v) is 9.28. The summed E-state index contributed by atoms with van der Waals surface area (Å²) in [4.78, 5) is 32.9. The van der Waals surface area contributed by atoms with Crippen molar-refractivity contribution in [2.75, 3.05) is 24.7 Å². The maximum atomic E-state index is 13.0. The number of sulfonamides is 1. The van der Waals surface area contributed by atoms with E-state index in [9.17, 15) is 18.0 Å². The van der Waals surface area contributed by atoms with Gasteiger partial charge in [-0.15, -0.1) is 0 Å². The highest BCUT2D eigenvalue weighted by Gasteiger charge is 2.26. The zero-order valence-corrected chi connectivity index (χ0v) is 23.0. The molecule has 2 aliphatic rings. The van der Waals surface area contributed by atoms with Gasteiger partial charge in [0.15, 0.2) is 0 Å². The smallest absolute Gasteiger partial charge is 0.365 e. The average molecular weight is 560 g/mol. The Morgan fingerprint density at radius 1 is 1.07 bits per heavy atom. The molecule has 2 aromatic carbocycles. The average Bonchev–Trinajstić information content (AvgIpc) is 3.41. The van der Waals surface area contributed by atoms with Crippen LogP contribution < -0.4 is 21.5 Å². The first-order valence-corrected chi connectivity index (χ1v) is 15.2. The number of fused-ring (bicyclic) bond motifs is 2. The van der Waals surface area contributed by atoms with E-state index in [0.717, 1.165) is 43.5 Å². The van der Waals surface area contributed by atoms with Crippen molar-refractivity contribution in [3.63, 3.8) is 0 Å². The molecule has 0 spiro atoms. The van der Waals surface area contributed by atoms with Gasteiger partial charge in [0, 0.05) is 25.0 Å². The van der Waals surface area contributed by atoms with E-state index in [1.165, 1.54) is 33.4 Å². The highest BCUT2D eigenvalue weighted by Crippen LogP contribution is 2.30. The van der Waals surface area contributed by atoms with Gasteiger partial charge in [-0.2, -0.15) is 0 Å². The van der Waals surface area contributed by atoms with Gasteiger partial charge >= 0.3 is 5.95 Å². The highest BCUT2D eigenvalue weighted by molar-refractivity contribution is 7.88. The predicted octanol–water partition coefficient (Wildman–Crippen LogP) is 2.67. The Morgan fingerprint density at radius 2 is 1.80 bits per heavy atom. The minimum absolute atomic E-state index is 0.0955. The molecular weight excluding hydrogens is 528 g/mol. The van der Waals surface area contributed by atoms with E-state index in [2.05, 4.69) is 22.4 Å². The van der Waals surface area contributed by atoms with Crippen LogP contribution in [0.1, 0.15) is 52.2 Å². The molecule has 11 heteroatoms. The zero-order chi connectivity index (χ0) is 28.0. The summed E-state index contributed by atoms with van der Waals surface area (Å²) in [7, 11) is -3.15. The Kier molecular flexibility index (Phi) is 6.63. The number of hydrogen-bond acceptors (Lipinski definition) is 6. The first-order valence-electron chi connectivity index (χ1n) is 13.4. The molecule has 1 aliphatic carbocycles. The van der Waals surface area contributed by atoms with E-state index in [4.69, 9.17) is 10.7 Å². The second-order valence-corrected chi connectivity index (χ2v) is 12.6. The van der Waals surface area contributed by atoms with Crippen molar-refractivity contribution in [1.82, 2.24) is 13.9 Å². The van der Waals surface area contributed by atoms with Gasteiger partial charge in [0.05, 0.1) is 18.1 Å². The molecule has 0 bridgehead atoms.